The minimum absolute atomic E-state index is 0.0359. The summed E-state index contributed by atoms with van der Waals surface area (Å²) in [6.45, 7) is 7.33. The highest BCUT2D eigenvalue weighted by Crippen LogP contribution is 2.27. The molecule has 1 aromatic rings. The smallest absolute Gasteiger partial charge is 0.250 e. The molecule has 0 bridgehead atoms. The van der Waals surface area contributed by atoms with Crippen molar-refractivity contribution in [1.82, 2.24) is 9.47 Å². The first kappa shape index (κ1) is 14.1. The predicted molar refractivity (Wildman–Crippen MR) is 79.2 cm³/mol. The van der Waals surface area contributed by atoms with Gasteiger partial charge in [-0.3, -0.25) is 9.69 Å². The van der Waals surface area contributed by atoms with E-state index in [0.717, 1.165) is 31.6 Å². The molecule has 0 saturated heterocycles. The number of pyridine rings is 1. The lowest BCUT2D eigenvalue weighted by Gasteiger charge is -2.23. The van der Waals surface area contributed by atoms with Crippen molar-refractivity contribution in [1.29, 1.82) is 0 Å². The SMILES string of the molecule is CC(C)CCN(CCn1cc(N)ccc1=O)C1CC1. The standard InChI is InChI=1S/C15H25N3O/c1-12(2)7-8-17(14-4-5-14)9-10-18-11-13(16)3-6-15(18)19/h3,6,11-12,14H,4-5,7-10,16H2,1-2H3. The van der Waals surface area contributed by atoms with Crippen LogP contribution in [0.3, 0.4) is 0 Å². The first-order chi connectivity index (χ1) is 9.06. The Hall–Kier alpha value is -1.29. The van der Waals surface area contributed by atoms with E-state index < -0.39 is 0 Å². The Balaban J connectivity index is 1.91. The van der Waals surface area contributed by atoms with Gasteiger partial charge in [-0.15, -0.1) is 0 Å². The van der Waals surface area contributed by atoms with Gasteiger partial charge in [0.2, 0.25) is 0 Å². The molecule has 0 aromatic carbocycles. The van der Waals surface area contributed by atoms with Crippen LogP contribution in [0.5, 0.6) is 0 Å². The number of anilines is 1. The lowest BCUT2D eigenvalue weighted by atomic mass is 10.1. The molecule has 0 spiro atoms. The molecular weight excluding hydrogens is 238 g/mol. The Kier molecular flexibility index (Phi) is 4.64. The Labute approximate surface area is 115 Å². The van der Waals surface area contributed by atoms with Gasteiger partial charge in [-0.25, -0.2) is 0 Å². The van der Waals surface area contributed by atoms with Crippen molar-refractivity contribution in [2.24, 2.45) is 5.92 Å². The summed E-state index contributed by atoms with van der Waals surface area (Å²) in [5.41, 5.74) is 6.42. The molecule has 19 heavy (non-hydrogen) atoms. The van der Waals surface area contributed by atoms with Crippen molar-refractivity contribution in [3.63, 3.8) is 0 Å². The maximum atomic E-state index is 11.7. The quantitative estimate of drug-likeness (QED) is 0.818. The number of nitrogen functional groups attached to an aromatic ring is 1. The molecule has 0 atom stereocenters. The molecule has 2 rings (SSSR count). The molecule has 1 fully saturated rings. The van der Waals surface area contributed by atoms with Crippen LogP contribution < -0.4 is 11.3 Å². The van der Waals surface area contributed by atoms with Crippen LogP contribution in [0.2, 0.25) is 0 Å². The second kappa shape index (κ2) is 6.24. The molecule has 1 aromatic heterocycles. The fourth-order valence-electron chi connectivity index (χ4n) is 2.30. The summed E-state index contributed by atoms with van der Waals surface area (Å²) in [6, 6.07) is 3.96. The van der Waals surface area contributed by atoms with Gasteiger partial charge < -0.3 is 10.3 Å². The van der Waals surface area contributed by atoms with Gasteiger partial charge in [0.25, 0.3) is 5.56 Å². The summed E-state index contributed by atoms with van der Waals surface area (Å²) in [5, 5.41) is 0. The second-order valence-corrected chi connectivity index (χ2v) is 5.94. The van der Waals surface area contributed by atoms with Crippen LogP contribution in [0.15, 0.2) is 23.1 Å². The third-order valence-electron chi connectivity index (χ3n) is 3.69. The van der Waals surface area contributed by atoms with E-state index in [-0.39, 0.29) is 5.56 Å². The molecule has 0 amide bonds. The van der Waals surface area contributed by atoms with Gasteiger partial charge in [0.1, 0.15) is 0 Å². The van der Waals surface area contributed by atoms with E-state index in [9.17, 15) is 4.79 Å². The highest BCUT2D eigenvalue weighted by Gasteiger charge is 2.28. The number of hydrogen-bond donors (Lipinski definition) is 1. The maximum Gasteiger partial charge on any atom is 0.250 e. The van der Waals surface area contributed by atoms with Crippen LogP contribution in [-0.4, -0.2) is 28.6 Å². The lowest BCUT2D eigenvalue weighted by Crippen LogP contribution is -2.33. The van der Waals surface area contributed by atoms with E-state index in [4.69, 9.17) is 5.73 Å². The second-order valence-electron chi connectivity index (χ2n) is 5.94. The maximum absolute atomic E-state index is 11.7. The third-order valence-corrected chi connectivity index (χ3v) is 3.69. The van der Waals surface area contributed by atoms with Crippen LogP contribution in [0, 0.1) is 5.92 Å². The lowest BCUT2D eigenvalue weighted by molar-refractivity contribution is 0.237. The number of hydrogen-bond acceptors (Lipinski definition) is 3. The van der Waals surface area contributed by atoms with Gasteiger partial charge in [0.15, 0.2) is 0 Å². The van der Waals surface area contributed by atoms with Crippen LogP contribution in [0.4, 0.5) is 5.69 Å². The summed E-state index contributed by atoms with van der Waals surface area (Å²) in [4.78, 5) is 14.2. The Morgan fingerprint density at radius 3 is 2.74 bits per heavy atom. The average molecular weight is 263 g/mol. The normalized spacial score (nSPS) is 15.4. The average Bonchev–Trinajstić information content (AvgIpc) is 3.17. The highest BCUT2D eigenvalue weighted by atomic mass is 16.1. The summed E-state index contributed by atoms with van der Waals surface area (Å²) < 4.78 is 1.72. The molecule has 4 nitrogen and oxygen atoms in total. The molecule has 4 heteroatoms. The van der Waals surface area contributed by atoms with Crippen molar-refractivity contribution in [3.8, 4) is 0 Å². The zero-order chi connectivity index (χ0) is 13.8. The van der Waals surface area contributed by atoms with Crippen molar-refractivity contribution in [2.75, 3.05) is 18.8 Å². The van der Waals surface area contributed by atoms with Crippen molar-refractivity contribution >= 4 is 5.69 Å². The van der Waals surface area contributed by atoms with Crippen molar-refractivity contribution in [3.05, 3.63) is 28.7 Å². The molecule has 1 aliphatic carbocycles. The van der Waals surface area contributed by atoms with Gasteiger partial charge in [-0.1, -0.05) is 13.8 Å². The Morgan fingerprint density at radius 2 is 2.11 bits per heavy atom. The minimum atomic E-state index is 0.0359. The fraction of sp³-hybridized carbons (Fsp3) is 0.667. The van der Waals surface area contributed by atoms with E-state index in [0.29, 0.717) is 5.69 Å². The number of nitrogens with zero attached hydrogens (tertiary/aromatic N) is 2. The minimum Gasteiger partial charge on any atom is -0.398 e. The summed E-state index contributed by atoms with van der Waals surface area (Å²) in [5.74, 6) is 0.733. The molecule has 2 N–H and O–H groups in total. The third kappa shape index (κ3) is 4.39. The van der Waals surface area contributed by atoms with Gasteiger partial charge >= 0.3 is 0 Å². The number of nitrogens with two attached hydrogens (primary N) is 1. The summed E-state index contributed by atoms with van der Waals surface area (Å²) in [6.07, 6.45) is 5.59. The Morgan fingerprint density at radius 1 is 1.37 bits per heavy atom. The van der Waals surface area contributed by atoms with Crippen LogP contribution in [0.1, 0.15) is 33.1 Å². The molecule has 0 radical (unpaired) electrons. The first-order valence-electron chi connectivity index (χ1n) is 7.26. The van der Waals surface area contributed by atoms with Crippen molar-refractivity contribution in [2.45, 2.75) is 45.7 Å². The van der Waals surface area contributed by atoms with Crippen LogP contribution in [0.25, 0.3) is 0 Å². The highest BCUT2D eigenvalue weighted by molar-refractivity contribution is 5.33. The van der Waals surface area contributed by atoms with Gasteiger partial charge in [0, 0.05) is 37.1 Å². The molecule has 0 unspecified atom stereocenters. The molecule has 1 aliphatic rings. The van der Waals surface area contributed by atoms with Crippen LogP contribution >= 0.6 is 0 Å². The molecular formula is C15H25N3O. The molecule has 1 saturated carbocycles. The molecule has 106 valence electrons. The molecule has 0 aliphatic heterocycles. The number of aromatic nitrogens is 1. The van der Waals surface area contributed by atoms with E-state index in [1.54, 1.807) is 22.9 Å². The van der Waals surface area contributed by atoms with E-state index in [1.165, 1.54) is 19.3 Å². The van der Waals surface area contributed by atoms with Crippen molar-refractivity contribution < 1.29 is 0 Å². The zero-order valence-electron chi connectivity index (χ0n) is 12.0. The van der Waals surface area contributed by atoms with Crippen LogP contribution in [-0.2, 0) is 6.54 Å². The monoisotopic (exact) mass is 263 g/mol. The van der Waals surface area contributed by atoms with E-state index in [2.05, 4.69) is 18.7 Å². The topological polar surface area (TPSA) is 51.3 Å². The van der Waals surface area contributed by atoms with Gasteiger partial charge in [-0.2, -0.15) is 0 Å². The van der Waals surface area contributed by atoms with E-state index >= 15 is 0 Å². The predicted octanol–water partition coefficient (Wildman–Crippen LogP) is 1.94. The molecule has 1 heterocycles. The fourth-order valence-corrected chi connectivity index (χ4v) is 2.30. The van der Waals surface area contributed by atoms with Gasteiger partial charge in [0.05, 0.1) is 0 Å². The zero-order valence-corrected chi connectivity index (χ0v) is 12.0. The van der Waals surface area contributed by atoms with Gasteiger partial charge in [-0.05, 0) is 37.8 Å². The largest absolute Gasteiger partial charge is 0.398 e. The van der Waals surface area contributed by atoms with E-state index in [1.807, 2.05) is 0 Å². The number of rotatable bonds is 7. The summed E-state index contributed by atoms with van der Waals surface area (Å²) in [7, 11) is 0. The first-order valence-corrected chi connectivity index (χ1v) is 7.26. The summed E-state index contributed by atoms with van der Waals surface area (Å²) >= 11 is 0. The Bertz CT molecular complexity index is 463.